The van der Waals surface area contributed by atoms with Gasteiger partial charge in [-0.15, -0.1) is 0 Å². The first-order valence-electron chi connectivity index (χ1n) is 9.20. The first-order valence-corrected chi connectivity index (χ1v) is 9.20. The molecule has 0 radical (unpaired) electrons. The van der Waals surface area contributed by atoms with E-state index in [2.05, 4.69) is 10.3 Å². The molecule has 1 aromatic carbocycles. The summed E-state index contributed by atoms with van der Waals surface area (Å²) in [7, 11) is 1.63. The van der Waals surface area contributed by atoms with Crippen LogP contribution in [-0.2, 0) is 22.6 Å². The van der Waals surface area contributed by atoms with Crippen molar-refractivity contribution in [2.45, 2.75) is 38.8 Å². The summed E-state index contributed by atoms with van der Waals surface area (Å²) in [6.45, 7) is 4.88. The summed E-state index contributed by atoms with van der Waals surface area (Å²) in [5.74, 6) is 1.68. The van der Waals surface area contributed by atoms with Gasteiger partial charge in [-0.1, -0.05) is 19.1 Å². The quantitative estimate of drug-likeness (QED) is 0.838. The van der Waals surface area contributed by atoms with E-state index in [0.29, 0.717) is 13.1 Å². The van der Waals surface area contributed by atoms with E-state index in [9.17, 15) is 9.59 Å². The third kappa shape index (κ3) is 4.30. The van der Waals surface area contributed by atoms with E-state index in [1.165, 1.54) is 6.92 Å². The summed E-state index contributed by atoms with van der Waals surface area (Å²) >= 11 is 0. The Balaban J connectivity index is 1.75. The number of ether oxygens (including phenoxy) is 1. The maximum absolute atomic E-state index is 12.8. The van der Waals surface area contributed by atoms with Gasteiger partial charge in [0.25, 0.3) is 0 Å². The van der Waals surface area contributed by atoms with Gasteiger partial charge in [0.05, 0.1) is 13.2 Å². The molecule has 1 N–H and O–H groups in total. The molecule has 7 nitrogen and oxygen atoms in total. The van der Waals surface area contributed by atoms with Crippen LogP contribution in [0.25, 0.3) is 0 Å². The second-order valence-electron chi connectivity index (χ2n) is 6.81. The molecule has 144 valence electrons. The standard InChI is InChI=1S/C20H26N4O3/c1-4-19-21-9-10-23(19)13-20(26)24-11-17(18(12-24)22-14(2)25)15-5-7-16(27-3)8-6-15/h5-10,17-18H,4,11-13H2,1-3H3,(H,22,25)/t17-,18+/m0/s1. The number of benzene rings is 1. The van der Waals surface area contributed by atoms with Gasteiger partial charge < -0.3 is 19.5 Å². The van der Waals surface area contributed by atoms with Gasteiger partial charge >= 0.3 is 0 Å². The Bertz CT molecular complexity index is 800. The molecule has 27 heavy (non-hydrogen) atoms. The second-order valence-corrected chi connectivity index (χ2v) is 6.81. The summed E-state index contributed by atoms with van der Waals surface area (Å²) in [4.78, 5) is 30.6. The molecule has 0 saturated carbocycles. The number of hydrogen-bond donors (Lipinski definition) is 1. The van der Waals surface area contributed by atoms with E-state index >= 15 is 0 Å². The molecular weight excluding hydrogens is 344 g/mol. The maximum Gasteiger partial charge on any atom is 0.242 e. The Labute approximate surface area is 159 Å². The summed E-state index contributed by atoms with van der Waals surface area (Å²) in [6.07, 6.45) is 4.33. The fourth-order valence-electron chi connectivity index (χ4n) is 3.65. The van der Waals surface area contributed by atoms with Crippen LogP contribution in [0.2, 0.25) is 0 Å². The molecule has 0 aliphatic carbocycles. The number of rotatable bonds is 6. The van der Waals surface area contributed by atoms with Crippen molar-refractivity contribution < 1.29 is 14.3 Å². The molecule has 1 aliphatic rings. The number of nitrogens with zero attached hydrogens (tertiary/aromatic N) is 3. The Hall–Kier alpha value is -2.83. The molecule has 1 fully saturated rings. The van der Waals surface area contributed by atoms with Crippen LogP contribution in [0.3, 0.4) is 0 Å². The minimum absolute atomic E-state index is 0.0362. The van der Waals surface area contributed by atoms with Crippen LogP contribution in [0, 0.1) is 0 Å². The monoisotopic (exact) mass is 370 g/mol. The average molecular weight is 370 g/mol. The molecule has 7 heteroatoms. The average Bonchev–Trinajstić information content (AvgIpc) is 3.28. The van der Waals surface area contributed by atoms with Crippen molar-refractivity contribution in [1.29, 1.82) is 0 Å². The second kappa shape index (κ2) is 8.24. The van der Waals surface area contributed by atoms with Crippen LogP contribution < -0.4 is 10.1 Å². The van der Waals surface area contributed by atoms with Gasteiger partial charge in [0.15, 0.2) is 0 Å². The van der Waals surface area contributed by atoms with Crippen molar-refractivity contribution >= 4 is 11.8 Å². The van der Waals surface area contributed by atoms with Gasteiger partial charge in [0.2, 0.25) is 11.8 Å². The number of aromatic nitrogens is 2. The van der Waals surface area contributed by atoms with Gasteiger partial charge in [-0.25, -0.2) is 4.98 Å². The minimum Gasteiger partial charge on any atom is -0.497 e. The molecule has 1 saturated heterocycles. The Kier molecular flexibility index (Phi) is 5.78. The summed E-state index contributed by atoms with van der Waals surface area (Å²) in [5, 5.41) is 3.00. The summed E-state index contributed by atoms with van der Waals surface area (Å²) in [6, 6.07) is 7.70. The lowest BCUT2D eigenvalue weighted by Crippen LogP contribution is -2.39. The number of likely N-dealkylation sites (tertiary alicyclic amines) is 1. The van der Waals surface area contributed by atoms with E-state index in [0.717, 1.165) is 23.6 Å². The largest absolute Gasteiger partial charge is 0.497 e. The molecule has 0 unspecified atom stereocenters. The molecule has 2 aromatic rings. The number of carbonyl (C=O) groups excluding carboxylic acids is 2. The molecule has 2 atom stereocenters. The predicted octanol–water partition coefficient (Wildman–Crippen LogP) is 1.58. The van der Waals surface area contributed by atoms with Gasteiger partial charge in [0, 0.05) is 44.7 Å². The van der Waals surface area contributed by atoms with E-state index in [1.54, 1.807) is 13.3 Å². The van der Waals surface area contributed by atoms with Crippen LogP contribution >= 0.6 is 0 Å². The molecular formula is C20H26N4O3. The number of carbonyl (C=O) groups is 2. The Morgan fingerprint density at radius 1 is 1.26 bits per heavy atom. The number of aryl methyl sites for hydroxylation is 1. The molecule has 0 spiro atoms. The van der Waals surface area contributed by atoms with Gasteiger partial charge in [0.1, 0.15) is 18.1 Å². The zero-order valence-electron chi connectivity index (χ0n) is 16.0. The predicted molar refractivity (Wildman–Crippen MR) is 102 cm³/mol. The number of hydrogen-bond acceptors (Lipinski definition) is 4. The lowest BCUT2D eigenvalue weighted by Gasteiger charge is -2.19. The molecule has 0 bridgehead atoms. The topological polar surface area (TPSA) is 76.5 Å². The van der Waals surface area contributed by atoms with Crippen LogP contribution in [0.5, 0.6) is 5.75 Å². The molecule has 1 aromatic heterocycles. The van der Waals surface area contributed by atoms with Gasteiger partial charge in [-0.2, -0.15) is 0 Å². The maximum atomic E-state index is 12.8. The zero-order chi connectivity index (χ0) is 19.4. The van der Waals surface area contributed by atoms with Crippen molar-refractivity contribution in [1.82, 2.24) is 19.8 Å². The smallest absolute Gasteiger partial charge is 0.242 e. The zero-order valence-corrected chi connectivity index (χ0v) is 16.0. The van der Waals surface area contributed by atoms with Crippen LogP contribution in [-0.4, -0.2) is 52.5 Å². The lowest BCUT2D eigenvalue weighted by atomic mass is 9.94. The van der Waals surface area contributed by atoms with E-state index < -0.39 is 0 Å². The number of nitrogens with one attached hydrogen (secondary N) is 1. The van der Waals surface area contributed by atoms with Crippen molar-refractivity contribution in [3.63, 3.8) is 0 Å². The first-order chi connectivity index (χ1) is 13.0. The van der Waals surface area contributed by atoms with E-state index in [1.807, 2.05) is 46.9 Å². The van der Waals surface area contributed by atoms with Crippen molar-refractivity contribution in [3.8, 4) is 5.75 Å². The highest BCUT2D eigenvalue weighted by Gasteiger charge is 2.36. The normalized spacial score (nSPS) is 19.1. The third-order valence-electron chi connectivity index (χ3n) is 5.03. The highest BCUT2D eigenvalue weighted by atomic mass is 16.5. The highest BCUT2D eigenvalue weighted by molar-refractivity contribution is 5.77. The minimum atomic E-state index is -0.103. The Morgan fingerprint density at radius 2 is 2.00 bits per heavy atom. The highest BCUT2D eigenvalue weighted by Crippen LogP contribution is 2.29. The van der Waals surface area contributed by atoms with Crippen LogP contribution in [0.1, 0.15) is 31.2 Å². The van der Waals surface area contributed by atoms with E-state index in [-0.39, 0.29) is 30.3 Å². The van der Waals surface area contributed by atoms with Crippen molar-refractivity contribution in [3.05, 3.63) is 48.0 Å². The van der Waals surface area contributed by atoms with Crippen molar-refractivity contribution in [2.24, 2.45) is 0 Å². The number of imidazole rings is 1. The molecule has 2 heterocycles. The fraction of sp³-hybridized carbons (Fsp3) is 0.450. The van der Waals surface area contributed by atoms with E-state index in [4.69, 9.17) is 4.74 Å². The molecule has 2 amide bonds. The van der Waals surface area contributed by atoms with Crippen molar-refractivity contribution in [2.75, 3.05) is 20.2 Å². The number of amides is 2. The summed E-state index contributed by atoms with van der Waals surface area (Å²) in [5.41, 5.74) is 1.08. The molecule has 3 rings (SSSR count). The number of methoxy groups -OCH3 is 1. The lowest BCUT2D eigenvalue weighted by molar-refractivity contribution is -0.131. The van der Waals surface area contributed by atoms with Crippen LogP contribution in [0.15, 0.2) is 36.7 Å². The molecule has 1 aliphatic heterocycles. The summed E-state index contributed by atoms with van der Waals surface area (Å²) < 4.78 is 7.11. The first kappa shape index (κ1) is 18.9. The SMILES string of the molecule is CCc1nccn1CC(=O)N1C[C@@H](NC(C)=O)[C@H](c2ccc(OC)cc2)C1. The van der Waals surface area contributed by atoms with Crippen LogP contribution in [0.4, 0.5) is 0 Å². The third-order valence-corrected chi connectivity index (χ3v) is 5.03. The fourth-order valence-corrected chi connectivity index (χ4v) is 3.65. The Morgan fingerprint density at radius 3 is 2.63 bits per heavy atom. The van der Waals surface area contributed by atoms with Gasteiger partial charge in [-0.05, 0) is 17.7 Å². The van der Waals surface area contributed by atoms with Gasteiger partial charge in [-0.3, -0.25) is 9.59 Å².